The van der Waals surface area contributed by atoms with Gasteiger partial charge in [0.2, 0.25) is 5.91 Å². The van der Waals surface area contributed by atoms with Gasteiger partial charge in [0, 0.05) is 19.4 Å². The summed E-state index contributed by atoms with van der Waals surface area (Å²) in [4.78, 5) is 24.7. The van der Waals surface area contributed by atoms with Gasteiger partial charge in [-0.3, -0.25) is 4.79 Å². The summed E-state index contributed by atoms with van der Waals surface area (Å²) in [6.07, 6.45) is 0.536. The molecule has 108 valence electrons. The Labute approximate surface area is 116 Å². The molecule has 0 aromatic heterocycles. The number of aliphatic carboxylic acids is 1. The lowest BCUT2D eigenvalue weighted by Crippen LogP contribution is -2.44. The van der Waals surface area contributed by atoms with Crippen LogP contribution in [0.1, 0.15) is 12.0 Å². The quantitative estimate of drug-likeness (QED) is 0.713. The summed E-state index contributed by atoms with van der Waals surface area (Å²) >= 11 is 0. The maximum absolute atomic E-state index is 11.9. The Morgan fingerprint density at radius 3 is 2.55 bits per heavy atom. The molecule has 2 atom stereocenters. The van der Waals surface area contributed by atoms with Crippen LogP contribution in [0.15, 0.2) is 24.3 Å². The second kappa shape index (κ2) is 5.92. The number of phenolic OH excluding ortho intramolecular Hbond substituents is 1. The Bertz CT molecular complexity index is 500. The van der Waals surface area contributed by atoms with Crippen molar-refractivity contribution in [3.05, 3.63) is 29.8 Å². The van der Waals surface area contributed by atoms with Crippen LogP contribution >= 0.6 is 0 Å². The molecule has 1 heterocycles. The van der Waals surface area contributed by atoms with E-state index in [9.17, 15) is 19.8 Å². The Morgan fingerprint density at radius 2 is 2.05 bits per heavy atom. The van der Waals surface area contributed by atoms with Crippen molar-refractivity contribution in [2.24, 2.45) is 11.7 Å². The summed E-state index contributed by atoms with van der Waals surface area (Å²) in [6.45, 7) is 0.776. The van der Waals surface area contributed by atoms with E-state index in [1.54, 1.807) is 12.1 Å². The molecule has 0 saturated carbocycles. The van der Waals surface area contributed by atoms with Crippen LogP contribution in [0.5, 0.6) is 5.75 Å². The largest absolute Gasteiger partial charge is 0.508 e. The van der Waals surface area contributed by atoms with Gasteiger partial charge in [0.1, 0.15) is 11.8 Å². The molecule has 2 rings (SSSR count). The topological polar surface area (TPSA) is 104 Å². The van der Waals surface area contributed by atoms with Crippen molar-refractivity contribution in [2.75, 3.05) is 13.1 Å². The first kappa shape index (κ1) is 14.3. The highest BCUT2D eigenvalue weighted by atomic mass is 16.4. The van der Waals surface area contributed by atoms with E-state index >= 15 is 0 Å². The Balaban J connectivity index is 2.13. The van der Waals surface area contributed by atoms with E-state index in [4.69, 9.17) is 5.73 Å². The van der Waals surface area contributed by atoms with Gasteiger partial charge in [-0.15, -0.1) is 0 Å². The number of carbonyl (C=O) groups excluding carboxylic acids is 1. The van der Waals surface area contributed by atoms with Crippen molar-refractivity contribution in [3.8, 4) is 5.75 Å². The zero-order valence-corrected chi connectivity index (χ0v) is 11.0. The minimum absolute atomic E-state index is 0.0316. The average Bonchev–Trinajstić information content (AvgIpc) is 2.79. The third-order valence-electron chi connectivity index (χ3n) is 3.60. The number of rotatable bonds is 5. The van der Waals surface area contributed by atoms with Crippen LogP contribution < -0.4 is 5.73 Å². The van der Waals surface area contributed by atoms with Crippen molar-refractivity contribution in [1.82, 2.24) is 4.90 Å². The number of carboxylic acids is 1. The van der Waals surface area contributed by atoms with Crippen molar-refractivity contribution >= 4 is 11.9 Å². The number of phenols is 1. The maximum Gasteiger partial charge on any atom is 0.326 e. The predicted molar refractivity (Wildman–Crippen MR) is 72.1 cm³/mol. The number of hydrogen-bond donors (Lipinski definition) is 3. The van der Waals surface area contributed by atoms with Crippen molar-refractivity contribution in [2.45, 2.75) is 18.9 Å². The molecule has 1 aliphatic heterocycles. The summed E-state index contributed by atoms with van der Waals surface area (Å²) in [6, 6.07) is 5.44. The van der Waals surface area contributed by atoms with E-state index in [2.05, 4.69) is 0 Å². The molecule has 0 radical (unpaired) electrons. The molecule has 6 nitrogen and oxygen atoms in total. The monoisotopic (exact) mass is 278 g/mol. The smallest absolute Gasteiger partial charge is 0.326 e. The molecule has 1 aromatic carbocycles. The number of carboxylic acid groups (broad SMARTS) is 1. The minimum atomic E-state index is -1.02. The van der Waals surface area contributed by atoms with Gasteiger partial charge < -0.3 is 20.8 Å². The molecule has 20 heavy (non-hydrogen) atoms. The van der Waals surface area contributed by atoms with Gasteiger partial charge in [-0.2, -0.15) is 0 Å². The molecule has 1 amide bonds. The summed E-state index contributed by atoms with van der Waals surface area (Å²) in [7, 11) is 0. The molecule has 2 unspecified atom stereocenters. The SMILES string of the molecule is NCC1CC(=O)N(C(Cc2ccc(O)cc2)C(=O)O)C1. The molecular weight excluding hydrogens is 260 g/mol. The first-order chi connectivity index (χ1) is 9.51. The Kier molecular flexibility index (Phi) is 4.24. The van der Waals surface area contributed by atoms with Gasteiger partial charge in [0.25, 0.3) is 0 Å². The van der Waals surface area contributed by atoms with E-state index in [0.717, 1.165) is 5.56 Å². The number of nitrogens with zero attached hydrogens (tertiary/aromatic N) is 1. The van der Waals surface area contributed by atoms with E-state index in [1.807, 2.05) is 0 Å². The fraction of sp³-hybridized carbons (Fsp3) is 0.429. The number of likely N-dealkylation sites (tertiary alicyclic amines) is 1. The fourth-order valence-electron chi connectivity index (χ4n) is 2.45. The number of benzene rings is 1. The van der Waals surface area contributed by atoms with E-state index < -0.39 is 12.0 Å². The number of aromatic hydroxyl groups is 1. The van der Waals surface area contributed by atoms with E-state index in [1.165, 1.54) is 17.0 Å². The summed E-state index contributed by atoms with van der Waals surface area (Å²) in [5.74, 6) is -1.03. The molecular formula is C14H18N2O4. The van der Waals surface area contributed by atoms with Crippen LogP contribution in [-0.2, 0) is 16.0 Å². The van der Waals surface area contributed by atoms with Gasteiger partial charge in [-0.25, -0.2) is 4.79 Å². The third kappa shape index (κ3) is 3.08. The highest BCUT2D eigenvalue weighted by Crippen LogP contribution is 2.22. The molecule has 0 spiro atoms. The number of carbonyl (C=O) groups is 2. The highest BCUT2D eigenvalue weighted by molar-refractivity contribution is 5.85. The van der Waals surface area contributed by atoms with Gasteiger partial charge in [0.05, 0.1) is 0 Å². The van der Waals surface area contributed by atoms with Gasteiger partial charge >= 0.3 is 5.97 Å². The lowest BCUT2D eigenvalue weighted by Gasteiger charge is -2.24. The molecule has 1 aromatic rings. The summed E-state index contributed by atoms with van der Waals surface area (Å²) in [5, 5.41) is 18.6. The first-order valence-electron chi connectivity index (χ1n) is 6.51. The zero-order chi connectivity index (χ0) is 14.7. The molecule has 1 fully saturated rings. The van der Waals surface area contributed by atoms with Crippen molar-refractivity contribution in [3.63, 3.8) is 0 Å². The number of amides is 1. The van der Waals surface area contributed by atoms with Crippen molar-refractivity contribution < 1.29 is 19.8 Å². The van der Waals surface area contributed by atoms with Crippen LogP contribution in [-0.4, -0.2) is 46.1 Å². The van der Waals surface area contributed by atoms with E-state index in [0.29, 0.717) is 19.5 Å². The normalized spacial score (nSPS) is 20.1. The van der Waals surface area contributed by atoms with Crippen LogP contribution in [0.4, 0.5) is 0 Å². The average molecular weight is 278 g/mol. The number of nitrogens with two attached hydrogens (primary N) is 1. The number of hydrogen-bond acceptors (Lipinski definition) is 4. The second-order valence-electron chi connectivity index (χ2n) is 5.08. The standard InChI is InChI=1S/C14H18N2O4/c15-7-10-6-13(18)16(8-10)12(14(19)20)5-9-1-3-11(17)4-2-9/h1-4,10,12,17H,5-8,15H2,(H,19,20). The minimum Gasteiger partial charge on any atom is -0.508 e. The first-order valence-corrected chi connectivity index (χ1v) is 6.51. The third-order valence-corrected chi connectivity index (χ3v) is 3.60. The highest BCUT2D eigenvalue weighted by Gasteiger charge is 2.37. The van der Waals surface area contributed by atoms with Crippen LogP contribution in [0.25, 0.3) is 0 Å². The van der Waals surface area contributed by atoms with Gasteiger partial charge in [-0.05, 0) is 30.2 Å². The summed E-state index contributed by atoms with van der Waals surface area (Å²) < 4.78 is 0. The zero-order valence-electron chi connectivity index (χ0n) is 11.0. The second-order valence-corrected chi connectivity index (χ2v) is 5.08. The van der Waals surface area contributed by atoms with E-state index in [-0.39, 0.29) is 24.0 Å². The molecule has 1 aliphatic rings. The van der Waals surface area contributed by atoms with Gasteiger partial charge in [0.15, 0.2) is 0 Å². The predicted octanol–water partition coefficient (Wildman–Crippen LogP) is 0.195. The molecule has 6 heteroatoms. The molecule has 1 saturated heterocycles. The lowest BCUT2D eigenvalue weighted by atomic mass is 10.0. The maximum atomic E-state index is 11.9. The molecule has 4 N–H and O–H groups in total. The Hall–Kier alpha value is -2.08. The fourth-order valence-corrected chi connectivity index (χ4v) is 2.45. The van der Waals surface area contributed by atoms with Crippen LogP contribution in [0, 0.1) is 5.92 Å². The summed E-state index contributed by atoms with van der Waals surface area (Å²) in [5.41, 5.74) is 6.31. The molecule has 0 aliphatic carbocycles. The van der Waals surface area contributed by atoms with Crippen LogP contribution in [0.3, 0.4) is 0 Å². The van der Waals surface area contributed by atoms with Gasteiger partial charge in [-0.1, -0.05) is 12.1 Å². The Morgan fingerprint density at radius 1 is 1.40 bits per heavy atom. The van der Waals surface area contributed by atoms with Crippen LogP contribution in [0.2, 0.25) is 0 Å². The molecule has 0 bridgehead atoms. The van der Waals surface area contributed by atoms with Crippen molar-refractivity contribution in [1.29, 1.82) is 0 Å². The lowest BCUT2D eigenvalue weighted by molar-refractivity contribution is -0.148.